The molecule has 0 aromatic rings. The lowest BCUT2D eigenvalue weighted by Crippen LogP contribution is -2.28. The molecule has 0 bridgehead atoms. The average Bonchev–Trinajstić information content (AvgIpc) is 3.12. The largest absolute Gasteiger partial charge is 0.466 e. The van der Waals surface area contributed by atoms with Crippen molar-refractivity contribution in [1.29, 1.82) is 0 Å². The van der Waals surface area contributed by atoms with Crippen LogP contribution in [0.15, 0.2) is 10.1 Å². The molecule has 3 N–H and O–H groups in total. The lowest BCUT2D eigenvalue weighted by atomic mass is 10.0. The molecule has 1 unspecified atom stereocenters. The van der Waals surface area contributed by atoms with E-state index < -0.39 is 0 Å². The van der Waals surface area contributed by atoms with Crippen molar-refractivity contribution in [2.45, 2.75) is 207 Å². The third-order valence-electron chi connectivity index (χ3n) is 9.82. The van der Waals surface area contributed by atoms with E-state index in [1.54, 1.807) is 0 Å². The third-order valence-corrected chi connectivity index (χ3v) is 9.82. The van der Waals surface area contributed by atoms with Crippen LogP contribution in [0.2, 0.25) is 0 Å². The first-order valence-corrected chi connectivity index (χ1v) is 21.8. The maximum atomic E-state index is 12.6. The Morgan fingerprint density at radius 3 is 1.64 bits per heavy atom. The molecular formula is C43H88N4O6. The summed E-state index contributed by atoms with van der Waals surface area (Å²) in [7, 11) is 3.80. The molecule has 53 heavy (non-hydrogen) atoms. The maximum Gasteiger partial charge on any atom is 0.306 e. The summed E-state index contributed by atoms with van der Waals surface area (Å²) >= 11 is 0. The minimum Gasteiger partial charge on any atom is -0.466 e. The number of carbonyl (C=O) groups is 2. The van der Waals surface area contributed by atoms with E-state index in [0.717, 1.165) is 116 Å². The van der Waals surface area contributed by atoms with Crippen LogP contribution in [0.5, 0.6) is 0 Å². The smallest absolute Gasteiger partial charge is 0.306 e. The number of ether oxygens (including phenoxy) is 2. The van der Waals surface area contributed by atoms with Gasteiger partial charge in [-0.25, -0.2) is 0 Å². The van der Waals surface area contributed by atoms with Crippen LogP contribution >= 0.6 is 0 Å². The number of aliphatic imine (C=N–C) groups is 1. The van der Waals surface area contributed by atoms with Crippen molar-refractivity contribution >= 4 is 24.0 Å². The van der Waals surface area contributed by atoms with E-state index in [0.29, 0.717) is 31.8 Å². The predicted molar refractivity (Wildman–Crippen MR) is 226 cm³/mol. The van der Waals surface area contributed by atoms with Gasteiger partial charge in [-0.3, -0.25) is 14.6 Å². The van der Waals surface area contributed by atoms with Crippen LogP contribution in [0.1, 0.15) is 202 Å². The number of carbonyl (C=O) groups excluding carboxylic acids is 2. The van der Waals surface area contributed by atoms with Gasteiger partial charge in [0, 0.05) is 34.9 Å². The summed E-state index contributed by atoms with van der Waals surface area (Å²) in [6.45, 7) is 11.1. The Morgan fingerprint density at radius 2 is 1.08 bits per heavy atom. The fourth-order valence-electron chi connectivity index (χ4n) is 6.51. The van der Waals surface area contributed by atoms with E-state index in [1.165, 1.54) is 76.8 Å². The molecule has 0 radical (unpaired) electrons. The molecule has 0 aliphatic rings. The van der Waals surface area contributed by atoms with E-state index in [1.807, 2.05) is 19.0 Å². The number of oxime groups is 1. The number of nitrogens with zero attached hydrogens (tertiary/aromatic N) is 4. The minimum atomic E-state index is -0.0374. The zero-order valence-corrected chi connectivity index (χ0v) is 35.4. The zero-order valence-electron chi connectivity index (χ0n) is 35.4. The van der Waals surface area contributed by atoms with Crippen molar-refractivity contribution in [3.05, 3.63) is 0 Å². The molecule has 0 spiro atoms. The molecule has 0 amide bonds. The molecular weight excluding hydrogens is 668 g/mol. The normalized spacial score (nSPS) is 12.3. The van der Waals surface area contributed by atoms with Crippen LogP contribution in [-0.4, -0.2) is 97.5 Å². The number of hydrogen-bond donors (Lipinski definition) is 1. The Hall–Kier alpha value is -2.20. The molecule has 0 aliphatic carbocycles. The molecule has 0 aromatic carbocycles. The Bertz CT molecular complexity index is 877. The maximum absolute atomic E-state index is 12.6. The van der Waals surface area contributed by atoms with E-state index in [4.69, 9.17) is 14.7 Å². The summed E-state index contributed by atoms with van der Waals surface area (Å²) in [5.74, 6) is 0.629. The second kappa shape index (κ2) is 41.0. The molecule has 0 saturated carbocycles. The average molecular weight is 757 g/mol. The van der Waals surface area contributed by atoms with Gasteiger partial charge in [0.2, 0.25) is 0 Å². The van der Waals surface area contributed by atoms with E-state index in [9.17, 15) is 9.59 Å². The molecule has 0 saturated heterocycles. The number of hydrogen-bond acceptors (Lipinski definition) is 8. The Morgan fingerprint density at radius 1 is 0.623 bits per heavy atom. The highest BCUT2D eigenvalue weighted by Crippen LogP contribution is 2.17. The highest BCUT2D eigenvalue weighted by molar-refractivity contribution is 6.28. The van der Waals surface area contributed by atoms with Crippen LogP contribution in [0.3, 0.4) is 0 Å². The van der Waals surface area contributed by atoms with Crippen LogP contribution < -0.4 is 0 Å². The number of rotatable bonds is 38. The number of esters is 2. The topological polar surface area (TPSA) is 136 Å². The minimum absolute atomic E-state index is 0. The standard InChI is InChI=1S/C43H84N4O5.H2O.H2/c1-6-9-12-14-21-28-38-51-42(48)32-24-17-15-19-26-35-47(37-29-34-44-41(39-45-50)46(4)5)36-27-20-16-18-25-33-43(49)52-40(30-22-11-8-3)31-23-13-10-7-2;;/h39-40,50H,6-38H2,1-5H3;1H2;1H/b44-41?,45-39-;;. The quantitative estimate of drug-likeness (QED) is 0.0165. The molecule has 0 aliphatic heterocycles. The number of unbranched alkanes of at least 4 members (excludes halogenated alkanes) is 18. The van der Waals surface area contributed by atoms with Crippen molar-refractivity contribution in [2.24, 2.45) is 10.1 Å². The van der Waals surface area contributed by atoms with E-state index >= 15 is 0 Å². The van der Waals surface area contributed by atoms with Crippen LogP contribution in [0.25, 0.3) is 0 Å². The first kappa shape index (κ1) is 52.9. The van der Waals surface area contributed by atoms with Crippen LogP contribution in [0, 0.1) is 0 Å². The highest BCUT2D eigenvalue weighted by Gasteiger charge is 2.14. The first-order chi connectivity index (χ1) is 25.4. The van der Waals surface area contributed by atoms with Crippen LogP contribution in [0.4, 0.5) is 0 Å². The van der Waals surface area contributed by atoms with E-state index in [-0.39, 0.29) is 24.9 Å². The second-order valence-electron chi connectivity index (χ2n) is 15.1. The lowest BCUT2D eigenvalue weighted by Gasteiger charge is -2.22. The Kier molecular flexibility index (Phi) is 40.9. The van der Waals surface area contributed by atoms with Gasteiger partial charge >= 0.3 is 11.9 Å². The fraction of sp³-hybridized carbons (Fsp3) is 0.907. The summed E-state index contributed by atoms with van der Waals surface area (Å²) in [4.78, 5) is 33.7. The molecule has 0 rings (SSSR count). The first-order valence-electron chi connectivity index (χ1n) is 21.8. The third kappa shape index (κ3) is 36.5. The lowest BCUT2D eigenvalue weighted by molar-refractivity contribution is -0.150. The van der Waals surface area contributed by atoms with Crippen molar-refractivity contribution in [2.75, 3.05) is 46.9 Å². The molecule has 0 aromatic heterocycles. The van der Waals surface area contributed by atoms with Gasteiger partial charge in [0.05, 0.1) is 6.61 Å². The Balaban J connectivity index is -0.0000130. The van der Waals surface area contributed by atoms with Gasteiger partial charge in [0.25, 0.3) is 0 Å². The van der Waals surface area contributed by atoms with Crippen molar-refractivity contribution in [3.63, 3.8) is 0 Å². The van der Waals surface area contributed by atoms with Gasteiger partial charge in [-0.15, -0.1) is 0 Å². The van der Waals surface area contributed by atoms with Gasteiger partial charge in [-0.05, 0) is 83.8 Å². The zero-order chi connectivity index (χ0) is 38.3. The van der Waals surface area contributed by atoms with Crippen molar-refractivity contribution in [3.8, 4) is 0 Å². The van der Waals surface area contributed by atoms with Crippen molar-refractivity contribution in [1.82, 2.24) is 9.80 Å². The molecule has 316 valence electrons. The van der Waals surface area contributed by atoms with Gasteiger partial charge in [-0.2, -0.15) is 0 Å². The van der Waals surface area contributed by atoms with Gasteiger partial charge < -0.3 is 30.0 Å². The molecule has 0 fully saturated rings. The molecule has 1 atom stereocenters. The monoisotopic (exact) mass is 757 g/mol. The van der Waals surface area contributed by atoms with Gasteiger partial charge in [0.1, 0.15) is 18.2 Å². The summed E-state index contributed by atoms with van der Waals surface area (Å²) in [6, 6.07) is 0. The summed E-state index contributed by atoms with van der Waals surface area (Å²) in [5.41, 5.74) is 0. The van der Waals surface area contributed by atoms with Gasteiger partial charge in [-0.1, -0.05) is 129 Å². The Labute approximate surface area is 328 Å². The SMILES string of the molecule is CCCCCCCCOC(=O)CCCCCCCN(CCCCCCCC(=O)OC(CCCCC)CCCCCC)CCCN=C(/C=N\O)N(C)C.O.[HH]. The van der Waals surface area contributed by atoms with Crippen LogP contribution in [-0.2, 0) is 19.1 Å². The molecule has 0 heterocycles. The molecule has 10 nitrogen and oxygen atoms in total. The number of amidine groups is 1. The predicted octanol–water partition coefficient (Wildman–Crippen LogP) is 10.6. The molecule has 10 heteroatoms. The fourth-order valence-corrected chi connectivity index (χ4v) is 6.51. The summed E-state index contributed by atoms with van der Waals surface area (Å²) < 4.78 is 11.4. The summed E-state index contributed by atoms with van der Waals surface area (Å²) in [5, 5.41) is 12.1. The van der Waals surface area contributed by atoms with Crippen molar-refractivity contribution < 1.29 is 31.2 Å². The van der Waals surface area contributed by atoms with Gasteiger partial charge in [0.15, 0.2) is 0 Å². The highest BCUT2D eigenvalue weighted by atomic mass is 16.5. The summed E-state index contributed by atoms with van der Waals surface area (Å²) in [6.07, 6.45) is 32.2. The second-order valence-corrected chi connectivity index (χ2v) is 15.1. The van der Waals surface area contributed by atoms with E-state index in [2.05, 4.69) is 35.8 Å².